The minimum atomic E-state index is -0.587. The van der Waals surface area contributed by atoms with Crippen LogP contribution in [0.2, 0.25) is 0 Å². The average molecular weight is 339 g/mol. The van der Waals surface area contributed by atoms with Gasteiger partial charge in [-0.15, -0.1) is 11.3 Å². The van der Waals surface area contributed by atoms with Crippen molar-refractivity contribution in [3.63, 3.8) is 0 Å². The van der Waals surface area contributed by atoms with Crippen LogP contribution < -0.4 is 9.47 Å². The summed E-state index contributed by atoms with van der Waals surface area (Å²) in [6, 6.07) is 5.26. The zero-order chi connectivity index (χ0) is 16.8. The monoisotopic (exact) mass is 339 g/mol. The van der Waals surface area contributed by atoms with Crippen molar-refractivity contribution in [2.45, 2.75) is 13.8 Å². The highest BCUT2D eigenvalue weighted by atomic mass is 32.1. The van der Waals surface area contributed by atoms with Gasteiger partial charge in [0, 0.05) is 10.4 Å². The summed E-state index contributed by atoms with van der Waals surface area (Å²) < 4.78 is 27.9. The second kappa shape index (κ2) is 7.92. The van der Waals surface area contributed by atoms with Crippen LogP contribution in [0.15, 0.2) is 18.2 Å². The van der Waals surface area contributed by atoms with Crippen molar-refractivity contribution in [3.8, 4) is 22.1 Å². The molecule has 124 valence electrons. The predicted molar refractivity (Wildman–Crippen MR) is 86.3 cm³/mol. The molecule has 0 bridgehead atoms. The topological polar surface area (TPSA) is 57.7 Å². The number of methoxy groups -OCH3 is 1. The van der Waals surface area contributed by atoms with E-state index in [0.717, 1.165) is 10.4 Å². The Balaban J connectivity index is 2.34. The third-order valence-electron chi connectivity index (χ3n) is 3.01. The van der Waals surface area contributed by atoms with Crippen molar-refractivity contribution in [3.05, 3.63) is 28.8 Å². The van der Waals surface area contributed by atoms with Crippen LogP contribution in [0.5, 0.6) is 11.5 Å². The molecule has 1 heterocycles. The maximum Gasteiger partial charge on any atom is 0.358 e. The number of halogens is 1. The number of aryl methyl sites for hydroxylation is 1. The number of hydrogen-bond donors (Lipinski definition) is 0. The second-order valence-corrected chi connectivity index (χ2v) is 5.75. The summed E-state index contributed by atoms with van der Waals surface area (Å²) in [6.45, 7) is 3.23. The minimum absolute atomic E-state index is 0.0508. The SMILES string of the molecule is CCOC(=O)c1nc(-c2ccc(OC)c(OCCF)c2)sc1C. The van der Waals surface area contributed by atoms with Crippen molar-refractivity contribution < 1.29 is 23.4 Å². The molecule has 0 radical (unpaired) electrons. The number of alkyl halides is 1. The number of rotatable bonds is 7. The molecule has 23 heavy (non-hydrogen) atoms. The van der Waals surface area contributed by atoms with Gasteiger partial charge < -0.3 is 14.2 Å². The van der Waals surface area contributed by atoms with Crippen molar-refractivity contribution in [2.24, 2.45) is 0 Å². The zero-order valence-corrected chi connectivity index (χ0v) is 14.0. The van der Waals surface area contributed by atoms with E-state index in [1.165, 1.54) is 18.4 Å². The fourth-order valence-corrected chi connectivity index (χ4v) is 2.88. The van der Waals surface area contributed by atoms with E-state index < -0.39 is 12.6 Å². The molecule has 0 amide bonds. The first-order valence-electron chi connectivity index (χ1n) is 7.12. The molecule has 0 N–H and O–H groups in total. The molecule has 0 aliphatic rings. The summed E-state index contributed by atoms with van der Waals surface area (Å²) >= 11 is 1.39. The van der Waals surface area contributed by atoms with E-state index in [-0.39, 0.29) is 6.61 Å². The first-order valence-corrected chi connectivity index (χ1v) is 7.94. The van der Waals surface area contributed by atoms with Crippen LogP contribution in [0.25, 0.3) is 10.6 Å². The summed E-state index contributed by atoms with van der Waals surface area (Å²) in [4.78, 5) is 17.0. The third-order valence-corrected chi connectivity index (χ3v) is 4.03. The van der Waals surface area contributed by atoms with E-state index in [0.29, 0.717) is 28.8 Å². The van der Waals surface area contributed by atoms with E-state index in [9.17, 15) is 9.18 Å². The lowest BCUT2D eigenvalue weighted by Crippen LogP contribution is -2.06. The van der Waals surface area contributed by atoms with Crippen LogP contribution in [0.3, 0.4) is 0 Å². The second-order valence-electron chi connectivity index (χ2n) is 4.55. The largest absolute Gasteiger partial charge is 0.493 e. The van der Waals surface area contributed by atoms with Gasteiger partial charge in [0.15, 0.2) is 17.2 Å². The van der Waals surface area contributed by atoms with Gasteiger partial charge in [-0.2, -0.15) is 0 Å². The van der Waals surface area contributed by atoms with E-state index in [1.807, 2.05) is 13.0 Å². The van der Waals surface area contributed by atoms with Crippen molar-refractivity contribution in [2.75, 3.05) is 27.0 Å². The Morgan fingerprint density at radius 2 is 2.13 bits per heavy atom. The fourth-order valence-electron chi connectivity index (χ4n) is 1.98. The van der Waals surface area contributed by atoms with Crippen LogP contribution in [0, 0.1) is 6.92 Å². The molecule has 0 spiro atoms. The lowest BCUT2D eigenvalue weighted by Gasteiger charge is -2.10. The highest BCUT2D eigenvalue weighted by molar-refractivity contribution is 7.15. The van der Waals surface area contributed by atoms with Gasteiger partial charge in [0.1, 0.15) is 18.3 Å². The summed E-state index contributed by atoms with van der Waals surface area (Å²) in [5.41, 5.74) is 1.08. The van der Waals surface area contributed by atoms with Gasteiger partial charge in [0.05, 0.1) is 13.7 Å². The first kappa shape index (κ1) is 17.2. The smallest absolute Gasteiger partial charge is 0.358 e. The number of carbonyl (C=O) groups excluding carboxylic acids is 1. The fraction of sp³-hybridized carbons (Fsp3) is 0.375. The number of hydrogen-bond acceptors (Lipinski definition) is 6. The molecular weight excluding hydrogens is 321 g/mol. The normalized spacial score (nSPS) is 10.4. The van der Waals surface area contributed by atoms with E-state index in [1.54, 1.807) is 19.1 Å². The van der Waals surface area contributed by atoms with Crippen molar-refractivity contribution in [1.29, 1.82) is 0 Å². The third kappa shape index (κ3) is 3.98. The highest BCUT2D eigenvalue weighted by Gasteiger charge is 2.18. The first-order chi connectivity index (χ1) is 11.1. The van der Waals surface area contributed by atoms with Gasteiger partial charge in [0.2, 0.25) is 0 Å². The molecule has 0 fully saturated rings. The van der Waals surface area contributed by atoms with Crippen LogP contribution in [-0.4, -0.2) is 38.0 Å². The number of esters is 1. The number of carbonyl (C=O) groups is 1. The molecule has 0 atom stereocenters. The highest BCUT2D eigenvalue weighted by Crippen LogP contribution is 2.35. The summed E-state index contributed by atoms with van der Waals surface area (Å²) in [5, 5.41) is 0.665. The van der Waals surface area contributed by atoms with E-state index >= 15 is 0 Å². The quantitative estimate of drug-likeness (QED) is 0.721. The van der Waals surface area contributed by atoms with Crippen LogP contribution in [-0.2, 0) is 4.74 Å². The molecule has 5 nitrogen and oxygen atoms in total. The summed E-state index contributed by atoms with van der Waals surface area (Å²) in [7, 11) is 1.52. The van der Waals surface area contributed by atoms with Crippen molar-refractivity contribution >= 4 is 17.3 Å². The molecule has 0 saturated heterocycles. The van der Waals surface area contributed by atoms with Crippen molar-refractivity contribution in [1.82, 2.24) is 4.98 Å². The molecular formula is C16H18FNO4S. The van der Waals surface area contributed by atoms with Crippen LogP contribution >= 0.6 is 11.3 Å². The van der Waals surface area contributed by atoms with Gasteiger partial charge in [-0.3, -0.25) is 0 Å². The Bertz CT molecular complexity index is 687. The predicted octanol–water partition coefficient (Wildman–Crippen LogP) is 3.65. The lowest BCUT2D eigenvalue weighted by atomic mass is 10.2. The van der Waals surface area contributed by atoms with Gasteiger partial charge >= 0.3 is 5.97 Å². The lowest BCUT2D eigenvalue weighted by molar-refractivity contribution is 0.0519. The van der Waals surface area contributed by atoms with Crippen LogP contribution in [0.1, 0.15) is 22.3 Å². The molecule has 0 aliphatic carbocycles. The number of ether oxygens (including phenoxy) is 3. The van der Waals surface area contributed by atoms with Gasteiger partial charge in [-0.25, -0.2) is 14.2 Å². The Morgan fingerprint density at radius 1 is 1.35 bits per heavy atom. The van der Waals surface area contributed by atoms with Crippen LogP contribution in [0.4, 0.5) is 4.39 Å². The molecule has 0 saturated carbocycles. The minimum Gasteiger partial charge on any atom is -0.493 e. The zero-order valence-electron chi connectivity index (χ0n) is 13.2. The number of aromatic nitrogens is 1. The number of benzene rings is 1. The summed E-state index contributed by atoms with van der Waals surface area (Å²) in [5.74, 6) is 0.518. The van der Waals surface area contributed by atoms with Gasteiger partial charge in [0.25, 0.3) is 0 Å². The van der Waals surface area contributed by atoms with E-state index in [2.05, 4.69) is 4.98 Å². The molecule has 7 heteroatoms. The average Bonchev–Trinajstić information content (AvgIpc) is 2.94. The Kier molecular flexibility index (Phi) is 5.92. The molecule has 1 aromatic heterocycles. The van der Waals surface area contributed by atoms with Gasteiger partial charge in [-0.1, -0.05) is 0 Å². The maximum atomic E-state index is 12.3. The van der Waals surface area contributed by atoms with Gasteiger partial charge in [-0.05, 0) is 32.0 Å². The Hall–Kier alpha value is -2.15. The maximum absolute atomic E-state index is 12.3. The molecule has 2 rings (SSSR count). The molecule has 0 unspecified atom stereocenters. The standard InChI is InChI=1S/C16H18FNO4S/c1-4-21-16(19)14-10(2)23-15(18-14)11-5-6-12(20-3)13(9-11)22-8-7-17/h5-6,9H,4,7-8H2,1-3H3. The Labute approximate surface area is 138 Å². The Morgan fingerprint density at radius 3 is 2.78 bits per heavy atom. The van der Waals surface area contributed by atoms with E-state index in [4.69, 9.17) is 14.2 Å². The summed E-state index contributed by atoms with van der Waals surface area (Å²) in [6.07, 6.45) is 0. The number of nitrogens with zero attached hydrogens (tertiary/aromatic N) is 1. The molecule has 2 aromatic rings. The molecule has 0 aliphatic heterocycles. The molecule has 1 aromatic carbocycles. The number of thiazole rings is 1.